The number of carbonyl (C=O) groups is 1. The molecular formula is C13H19NOS. The van der Waals surface area contributed by atoms with Gasteiger partial charge in [-0.25, -0.2) is 0 Å². The van der Waals surface area contributed by atoms with Crippen molar-refractivity contribution in [1.82, 2.24) is 4.90 Å². The summed E-state index contributed by atoms with van der Waals surface area (Å²) in [5.41, 5.74) is 0. The second-order valence-corrected chi connectivity index (χ2v) is 6.03. The van der Waals surface area contributed by atoms with Crippen LogP contribution in [0.3, 0.4) is 0 Å². The topological polar surface area (TPSA) is 20.3 Å². The molecule has 0 radical (unpaired) electrons. The monoisotopic (exact) mass is 237 g/mol. The number of amides is 1. The van der Waals surface area contributed by atoms with Crippen molar-refractivity contribution in [3.63, 3.8) is 0 Å². The molecule has 0 saturated carbocycles. The highest BCUT2D eigenvalue weighted by atomic mass is 32.1. The van der Waals surface area contributed by atoms with Crippen LogP contribution < -0.4 is 0 Å². The minimum atomic E-state index is 0.292. The van der Waals surface area contributed by atoms with Gasteiger partial charge in [-0.1, -0.05) is 19.9 Å². The van der Waals surface area contributed by atoms with Gasteiger partial charge >= 0.3 is 0 Å². The van der Waals surface area contributed by atoms with Gasteiger partial charge in [0.2, 0.25) is 5.91 Å². The molecule has 2 heterocycles. The third kappa shape index (κ3) is 2.85. The molecule has 0 N–H and O–H groups in total. The molecule has 0 aliphatic carbocycles. The molecule has 1 aromatic rings. The molecule has 2 nitrogen and oxygen atoms in total. The molecule has 0 bridgehead atoms. The van der Waals surface area contributed by atoms with Crippen molar-refractivity contribution in [3.8, 4) is 0 Å². The van der Waals surface area contributed by atoms with Gasteiger partial charge in [-0.15, -0.1) is 11.3 Å². The summed E-state index contributed by atoms with van der Waals surface area (Å²) in [6.07, 6.45) is 1.83. The maximum atomic E-state index is 12.1. The van der Waals surface area contributed by atoms with Gasteiger partial charge in [0.25, 0.3) is 0 Å². The number of likely N-dealkylation sites (tertiary alicyclic amines) is 1. The van der Waals surface area contributed by atoms with E-state index in [4.69, 9.17) is 0 Å². The van der Waals surface area contributed by atoms with E-state index in [1.165, 1.54) is 11.3 Å². The van der Waals surface area contributed by atoms with E-state index in [9.17, 15) is 4.79 Å². The lowest BCUT2D eigenvalue weighted by atomic mass is 9.92. The predicted octanol–water partition coefficient (Wildman–Crippen LogP) is 2.80. The fraction of sp³-hybridized carbons (Fsp3) is 0.615. The third-order valence-electron chi connectivity index (χ3n) is 3.13. The molecular weight excluding hydrogens is 218 g/mol. The SMILES string of the molecule is C[C@@H]1C[C@@H](C)CN(C(=O)Cc2cccs2)C1. The van der Waals surface area contributed by atoms with Crippen LogP contribution in [0.15, 0.2) is 17.5 Å². The molecule has 1 aromatic heterocycles. The zero-order chi connectivity index (χ0) is 11.5. The Hall–Kier alpha value is -0.830. The molecule has 0 aromatic carbocycles. The van der Waals surface area contributed by atoms with Gasteiger partial charge in [-0.3, -0.25) is 4.79 Å². The second kappa shape index (κ2) is 5.00. The van der Waals surface area contributed by atoms with E-state index in [0.717, 1.165) is 13.1 Å². The molecule has 0 unspecified atom stereocenters. The first-order chi connectivity index (χ1) is 7.65. The summed E-state index contributed by atoms with van der Waals surface area (Å²) in [6, 6.07) is 4.05. The molecule has 1 fully saturated rings. The average Bonchev–Trinajstić information content (AvgIpc) is 2.68. The Kier molecular flexibility index (Phi) is 3.64. The lowest BCUT2D eigenvalue weighted by molar-refractivity contribution is -0.133. The normalized spacial score (nSPS) is 25.8. The Bertz CT molecular complexity index is 337. The zero-order valence-corrected chi connectivity index (χ0v) is 10.8. The van der Waals surface area contributed by atoms with Crippen molar-refractivity contribution in [2.24, 2.45) is 11.8 Å². The lowest BCUT2D eigenvalue weighted by Gasteiger charge is -2.35. The van der Waals surface area contributed by atoms with Crippen molar-refractivity contribution in [2.45, 2.75) is 26.7 Å². The summed E-state index contributed by atoms with van der Waals surface area (Å²) in [6.45, 7) is 6.35. The van der Waals surface area contributed by atoms with Crippen LogP contribution >= 0.6 is 11.3 Å². The Labute approximate surface area is 101 Å². The van der Waals surface area contributed by atoms with Crippen LogP contribution in [-0.4, -0.2) is 23.9 Å². The summed E-state index contributed by atoms with van der Waals surface area (Å²) >= 11 is 1.67. The minimum absolute atomic E-state index is 0.292. The second-order valence-electron chi connectivity index (χ2n) is 5.00. The molecule has 1 aliphatic heterocycles. The molecule has 3 heteroatoms. The number of nitrogens with zero attached hydrogens (tertiary/aromatic N) is 1. The van der Waals surface area contributed by atoms with E-state index in [-0.39, 0.29) is 0 Å². The van der Waals surface area contributed by atoms with E-state index >= 15 is 0 Å². The van der Waals surface area contributed by atoms with Crippen LogP contribution in [-0.2, 0) is 11.2 Å². The summed E-state index contributed by atoms with van der Waals surface area (Å²) in [7, 11) is 0. The van der Waals surface area contributed by atoms with E-state index in [1.807, 2.05) is 22.4 Å². The quantitative estimate of drug-likeness (QED) is 0.774. The van der Waals surface area contributed by atoms with Crippen LogP contribution in [0.5, 0.6) is 0 Å². The number of carbonyl (C=O) groups excluding carboxylic acids is 1. The number of hydrogen-bond acceptors (Lipinski definition) is 2. The van der Waals surface area contributed by atoms with Crippen molar-refractivity contribution >= 4 is 17.2 Å². The van der Waals surface area contributed by atoms with Gasteiger partial charge in [0.05, 0.1) is 6.42 Å². The maximum absolute atomic E-state index is 12.1. The van der Waals surface area contributed by atoms with Crippen molar-refractivity contribution < 1.29 is 4.79 Å². The highest BCUT2D eigenvalue weighted by Gasteiger charge is 2.25. The molecule has 16 heavy (non-hydrogen) atoms. The van der Waals surface area contributed by atoms with E-state index in [1.54, 1.807) is 11.3 Å². The Morgan fingerprint density at radius 3 is 2.69 bits per heavy atom. The number of rotatable bonds is 2. The molecule has 1 aliphatic rings. The Morgan fingerprint density at radius 2 is 2.12 bits per heavy atom. The largest absolute Gasteiger partial charge is 0.342 e. The fourth-order valence-electron chi connectivity index (χ4n) is 2.54. The van der Waals surface area contributed by atoms with E-state index < -0.39 is 0 Å². The first-order valence-electron chi connectivity index (χ1n) is 5.95. The van der Waals surface area contributed by atoms with Crippen LogP contribution in [0.25, 0.3) is 0 Å². The van der Waals surface area contributed by atoms with Crippen LogP contribution in [0, 0.1) is 11.8 Å². The molecule has 2 rings (SSSR count). The van der Waals surface area contributed by atoms with Crippen LogP contribution in [0.4, 0.5) is 0 Å². The zero-order valence-electron chi connectivity index (χ0n) is 9.98. The van der Waals surface area contributed by atoms with Gasteiger partial charge < -0.3 is 4.90 Å². The molecule has 88 valence electrons. The fourth-order valence-corrected chi connectivity index (χ4v) is 3.24. The van der Waals surface area contributed by atoms with Gasteiger partial charge in [0.15, 0.2) is 0 Å². The maximum Gasteiger partial charge on any atom is 0.227 e. The van der Waals surface area contributed by atoms with Crippen molar-refractivity contribution in [1.29, 1.82) is 0 Å². The van der Waals surface area contributed by atoms with Gasteiger partial charge in [-0.05, 0) is 29.7 Å². The van der Waals surface area contributed by atoms with Gasteiger partial charge in [0, 0.05) is 18.0 Å². The van der Waals surface area contributed by atoms with Gasteiger partial charge in [-0.2, -0.15) is 0 Å². The number of piperidine rings is 1. The predicted molar refractivity (Wildman–Crippen MR) is 67.5 cm³/mol. The smallest absolute Gasteiger partial charge is 0.227 e. The average molecular weight is 237 g/mol. The molecule has 1 saturated heterocycles. The highest BCUT2D eigenvalue weighted by molar-refractivity contribution is 7.10. The minimum Gasteiger partial charge on any atom is -0.342 e. The summed E-state index contributed by atoms with van der Waals surface area (Å²) < 4.78 is 0. The van der Waals surface area contributed by atoms with E-state index in [0.29, 0.717) is 24.2 Å². The molecule has 0 spiro atoms. The van der Waals surface area contributed by atoms with Crippen LogP contribution in [0.2, 0.25) is 0 Å². The number of hydrogen-bond donors (Lipinski definition) is 0. The molecule has 2 atom stereocenters. The Balaban J connectivity index is 1.94. The van der Waals surface area contributed by atoms with Crippen molar-refractivity contribution in [2.75, 3.05) is 13.1 Å². The highest BCUT2D eigenvalue weighted by Crippen LogP contribution is 2.22. The Morgan fingerprint density at radius 1 is 1.44 bits per heavy atom. The third-order valence-corrected chi connectivity index (χ3v) is 4.00. The van der Waals surface area contributed by atoms with Gasteiger partial charge in [0.1, 0.15) is 0 Å². The van der Waals surface area contributed by atoms with Crippen LogP contribution in [0.1, 0.15) is 25.1 Å². The summed E-state index contributed by atoms with van der Waals surface area (Å²) in [5, 5.41) is 2.03. The number of thiophene rings is 1. The summed E-state index contributed by atoms with van der Waals surface area (Å²) in [5.74, 6) is 1.59. The lowest BCUT2D eigenvalue weighted by Crippen LogP contribution is -2.43. The standard InChI is InChI=1S/C13H19NOS/c1-10-6-11(2)9-14(8-10)13(15)7-12-4-3-5-16-12/h3-5,10-11H,6-9H2,1-2H3/t10-,11-/m1/s1. The van der Waals surface area contributed by atoms with E-state index in [2.05, 4.69) is 13.8 Å². The first-order valence-corrected chi connectivity index (χ1v) is 6.83. The summed E-state index contributed by atoms with van der Waals surface area (Å²) in [4.78, 5) is 15.3. The molecule has 1 amide bonds. The first kappa shape index (κ1) is 11.6. The van der Waals surface area contributed by atoms with Crippen molar-refractivity contribution in [3.05, 3.63) is 22.4 Å².